The maximum Gasteiger partial charge on any atom is 0.255 e. The summed E-state index contributed by atoms with van der Waals surface area (Å²) in [6.45, 7) is 1.94. The zero-order valence-corrected chi connectivity index (χ0v) is 9.25. The lowest BCUT2D eigenvalue weighted by atomic mass is 9.99. The number of thiophene rings is 1. The summed E-state index contributed by atoms with van der Waals surface area (Å²) in [5, 5.41) is 1.85. The summed E-state index contributed by atoms with van der Waals surface area (Å²) in [5.74, 6) is -4.94. The number of hydrogen-bond donors (Lipinski definition) is 0. The van der Waals surface area contributed by atoms with Crippen LogP contribution in [0.3, 0.4) is 0 Å². The molecule has 1 rings (SSSR count). The van der Waals surface area contributed by atoms with Crippen LogP contribution < -0.4 is 0 Å². The van der Waals surface area contributed by atoms with E-state index >= 15 is 0 Å². The summed E-state index contributed by atoms with van der Waals surface area (Å²) < 4.78 is 25.7. The topological polar surface area (TPSA) is 17.1 Å². The first-order valence-electron chi connectivity index (χ1n) is 3.99. The molecule has 0 aliphatic rings. The third kappa shape index (κ3) is 2.30. The average Bonchev–Trinajstić information content (AvgIpc) is 2.47. The molecule has 0 bridgehead atoms. The molecule has 0 radical (unpaired) electrons. The second-order valence-electron chi connectivity index (χ2n) is 3.14. The first-order valence-corrected chi connectivity index (χ1v) is 5.25. The number of hydrogen-bond acceptors (Lipinski definition) is 2. The van der Waals surface area contributed by atoms with Crippen molar-refractivity contribution in [3.05, 3.63) is 21.3 Å². The third-order valence-electron chi connectivity index (χ3n) is 1.99. The van der Waals surface area contributed by atoms with Crippen molar-refractivity contribution in [3.63, 3.8) is 0 Å². The standard InChI is InChI=1S/C9H9ClF2OS/c1-5(9(2,11)12)7(13)8-6(10)3-4-14-8/h3-5H,1-2H3. The minimum Gasteiger partial charge on any atom is -0.293 e. The molecule has 1 aromatic heterocycles. The van der Waals surface area contributed by atoms with Crippen molar-refractivity contribution in [3.8, 4) is 0 Å². The fraction of sp³-hybridized carbons (Fsp3) is 0.444. The van der Waals surface area contributed by atoms with Gasteiger partial charge in [-0.15, -0.1) is 11.3 Å². The van der Waals surface area contributed by atoms with Crippen LogP contribution in [0.1, 0.15) is 23.5 Å². The SMILES string of the molecule is CC(C(=O)c1sccc1Cl)C(C)(F)F. The quantitative estimate of drug-likeness (QED) is 0.731. The van der Waals surface area contributed by atoms with Crippen LogP contribution in [-0.4, -0.2) is 11.7 Å². The van der Waals surface area contributed by atoms with E-state index in [-0.39, 0.29) is 9.90 Å². The lowest BCUT2D eigenvalue weighted by Crippen LogP contribution is -2.28. The van der Waals surface area contributed by atoms with Crippen LogP contribution in [0.25, 0.3) is 0 Å². The predicted octanol–water partition coefficient (Wildman–Crippen LogP) is 3.88. The second-order valence-corrected chi connectivity index (χ2v) is 4.46. The molecule has 1 heterocycles. The van der Waals surface area contributed by atoms with Crippen molar-refractivity contribution in [1.29, 1.82) is 0 Å². The van der Waals surface area contributed by atoms with Crippen molar-refractivity contribution < 1.29 is 13.6 Å². The van der Waals surface area contributed by atoms with Gasteiger partial charge in [0.05, 0.1) is 15.8 Å². The molecule has 78 valence electrons. The number of alkyl halides is 2. The first-order chi connectivity index (χ1) is 6.34. The number of halogens is 3. The maximum atomic E-state index is 12.8. The van der Waals surface area contributed by atoms with Crippen molar-refractivity contribution in [1.82, 2.24) is 0 Å². The lowest BCUT2D eigenvalue weighted by Gasteiger charge is -2.17. The van der Waals surface area contributed by atoms with E-state index in [1.807, 2.05) is 0 Å². The van der Waals surface area contributed by atoms with E-state index in [1.54, 1.807) is 5.38 Å². The van der Waals surface area contributed by atoms with Gasteiger partial charge in [-0.2, -0.15) is 0 Å². The van der Waals surface area contributed by atoms with Gasteiger partial charge in [0.1, 0.15) is 0 Å². The zero-order valence-electron chi connectivity index (χ0n) is 7.68. The molecule has 0 saturated heterocycles. The third-order valence-corrected chi connectivity index (χ3v) is 3.35. The van der Waals surface area contributed by atoms with Crippen LogP contribution >= 0.6 is 22.9 Å². The smallest absolute Gasteiger partial charge is 0.255 e. The maximum absolute atomic E-state index is 12.8. The lowest BCUT2D eigenvalue weighted by molar-refractivity contribution is -0.0220. The monoisotopic (exact) mass is 238 g/mol. The molecule has 0 amide bonds. The van der Waals surface area contributed by atoms with Gasteiger partial charge < -0.3 is 0 Å². The highest BCUT2D eigenvalue weighted by Crippen LogP contribution is 2.31. The normalized spacial score (nSPS) is 14.1. The van der Waals surface area contributed by atoms with Gasteiger partial charge in [-0.1, -0.05) is 11.6 Å². The van der Waals surface area contributed by atoms with Gasteiger partial charge in [0.15, 0.2) is 5.78 Å². The average molecular weight is 239 g/mol. The molecule has 1 atom stereocenters. The van der Waals surface area contributed by atoms with Gasteiger partial charge in [-0.05, 0) is 18.4 Å². The second kappa shape index (κ2) is 3.95. The largest absolute Gasteiger partial charge is 0.293 e. The highest BCUT2D eigenvalue weighted by atomic mass is 35.5. The molecule has 1 nitrogen and oxygen atoms in total. The molecule has 0 aromatic carbocycles. The van der Waals surface area contributed by atoms with E-state index in [2.05, 4.69) is 0 Å². The number of rotatable bonds is 3. The minimum atomic E-state index is -3.01. The van der Waals surface area contributed by atoms with Crippen LogP contribution in [0.4, 0.5) is 8.78 Å². The molecule has 0 aliphatic carbocycles. The van der Waals surface area contributed by atoms with Gasteiger partial charge in [0, 0.05) is 6.92 Å². The molecule has 0 fully saturated rings. The van der Waals surface area contributed by atoms with Crippen LogP contribution in [0.5, 0.6) is 0 Å². The molecular weight excluding hydrogens is 230 g/mol. The number of Topliss-reactive ketones (excluding diaryl/α,β-unsaturated/α-hetero) is 1. The van der Waals surface area contributed by atoms with Gasteiger partial charge in [0.25, 0.3) is 5.92 Å². The Labute approximate surface area is 89.7 Å². The summed E-state index contributed by atoms with van der Waals surface area (Å²) >= 11 is 6.76. The Balaban J connectivity index is 2.92. The number of carbonyl (C=O) groups is 1. The Morgan fingerprint density at radius 3 is 2.57 bits per heavy atom. The molecule has 14 heavy (non-hydrogen) atoms. The molecule has 1 aromatic rings. The molecule has 0 spiro atoms. The Hall–Kier alpha value is -0.480. The van der Waals surface area contributed by atoms with Crippen LogP contribution in [0, 0.1) is 5.92 Å². The predicted molar refractivity (Wildman–Crippen MR) is 53.4 cm³/mol. The molecule has 0 aliphatic heterocycles. The van der Waals surface area contributed by atoms with E-state index in [0.29, 0.717) is 0 Å². The minimum absolute atomic E-state index is 0.209. The fourth-order valence-electron chi connectivity index (χ4n) is 0.896. The van der Waals surface area contributed by atoms with E-state index < -0.39 is 17.6 Å². The van der Waals surface area contributed by atoms with E-state index in [1.165, 1.54) is 13.0 Å². The summed E-state index contributed by atoms with van der Waals surface area (Å²) in [7, 11) is 0. The molecule has 0 N–H and O–H groups in total. The van der Waals surface area contributed by atoms with Crippen LogP contribution in [-0.2, 0) is 0 Å². The highest BCUT2D eigenvalue weighted by Gasteiger charge is 2.37. The van der Waals surface area contributed by atoms with Crippen LogP contribution in [0.2, 0.25) is 5.02 Å². The van der Waals surface area contributed by atoms with Gasteiger partial charge in [0.2, 0.25) is 0 Å². The summed E-state index contributed by atoms with van der Waals surface area (Å²) in [5.41, 5.74) is 0. The van der Waals surface area contributed by atoms with Crippen molar-refractivity contribution in [2.75, 3.05) is 0 Å². The zero-order chi connectivity index (χ0) is 10.9. The van der Waals surface area contributed by atoms with Crippen molar-refractivity contribution in [2.24, 2.45) is 5.92 Å². The summed E-state index contributed by atoms with van der Waals surface area (Å²) in [6, 6.07) is 1.53. The van der Waals surface area contributed by atoms with E-state index in [4.69, 9.17) is 11.6 Å². The number of ketones is 1. The Morgan fingerprint density at radius 2 is 2.21 bits per heavy atom. The van der Waals surface area contributed by atoms with Gasteiger partial charge in [-0.3, -0.25) is 4.79 Å². The first kappa shape index (κ1) is 11.6. The van der Waals surface area contributed by atoms with Gasteiger partial charge in [-0.25, -0.2) is 8.78 Å². The molecule has 0 saturated carbocycles. The Kier molecular flexibility index (Phi) is 3.27. The summed E-state index contributed by atoms with van der Waals surface area (Å²) in [4.78, 5) is 11.7. The Morgan fingerprint density at radius 1 is 1.64 bits per heavy atom. The van der Waals surface area contributed by atoms with Crippen molar-refractivity contribution in [2.45, 2.75) is 19.8 Å². The van der Waals surface area contributed by atoms with E-state index in [9.17, 15) is 13.6 Å². The molecular formula is C9H9ClF2OS. The van der Waals surface area contributed by atoms with Gasteiger partial charge >= 0.3 is 0 Å². The Bertz CT molecular complexity index is 343. The molecule has 5 heteroatoms. The molecule has 1 unspecified atom stereocenters. The number of carbonyl (C=O) groups excluding carboxylic acids is 1. The highest BCUT2D eigenvalue weighted by molar-refractivity contribution is 7.12. The summed E-state index contributed by atoms with van der Waals surface area (Å²) in [6.07, 6.45) is 0. The van der Waals surface area contributed by atoms with Crippen molar-refractivity contribution >= 4 is 28.7 Å². The van der Waals surface area contributed by atoms with E-state index in [0.717, 1.165) is 18.3 Å². The fourth-order valence-corrected chi connectivity index (χ4v) is 2.07. The van der Waals surface area contributed by atoms with Crippen LogP contribution in [0.15, 0.2) is 11.4 Å².